The summed E-state index contributed by atoms with van der Waals surface area (Å²) in [5.41, 5.74) is 0. The zero-order valence-corrected chi connectivity index (χ0v) is 13.5. The smallest absolute Gasteiger partial charge is 0.00484 e. The van der Waals surface area contributed by atoms with Gasteiger partial charge in [0.1, 0.15) is 0 Å². The molecule has 0 aromatic heterocycles. The summed E-state index contributed by atoms with van der Waals surface area (Å²) in [5.74, 6) is 0. The molecule has 2 nitrogen and oxygen atoms in total. The molecule has 112 valence electrons. The van der Waals surface area contributed by atoms with Crippen LogP contribution in [-0.4, -0.2) is 26.7 Å². The van der Waals surface area contributed by atoms with Gasteiger partial charge in [0.2, 0.25) is 0 Å². The van der Waals surface area contributed by atoms with E-state index in [0.29, 0.717) is 0 Å². The standard InChI is InChI=1S/C14H32N2.C2H6/c1-3-4-5-6-7-8-9-13-16-14-11-10-12-15-2;1-2/h15-16H,3-14H2,1-2H3;1-2H3. The highest BCUT2D eigenvalue weighted by Gasteiger charge is 1.91. The molecule has 0 aromatic rings. The first-order valence-electron chi connectivity index (χ1n) is 8.27. The van der Waals surface area contributed by atoms with E-state index in [-0.39, 0.29) is 0 Å². The van der Waals surface area contributed by atoms with E-state index in [1.54, 1.807) is 0 Å². The highest BCUT2D eigenvalue weighted by Crippen LogP contribution is 2.06. The monoisotopic (exact) mass is 258 g/mol. The molecule has 0 aromatic carbocycles. The van der Waals surface area contributed by atoms with Gasteiger partial charge in [-0.1, -0.05) is 59.3 Å². The third-order valence-electron chi connectivity index (χ3n) is 2.99. The molecule has 0 aliphatic rings. The Bertz CT molecular complexity index is 102. The van der Waals surface area contributed by atoms with Crippen LogP contribution < -0.4 is 10.6 Å². The maximum absolute atomic E-state index is 3.52. The topological polar surface area (TPSA) is 24.1 Å². The summed E-state index contributed by atoms with van der Waals surface area (Å²) < 4.78 is 0. The Morgan fingerprint density at radius 2 is 1.06 bits per heavy atom. The van der Waals surface area contributed by atoms with E-state index in [0.717, 1.165) is 6.54 Å². The van der Waals surface area contributed by atoms with Gasteiger partial charge in [-0.25, -0.2) is 0 Å². The van der Waals surface area contributed by atoms with Crippen LogP contribution in [0.15, 0.2) is 0 Å². The minimum Gasteiger partial charge on any atom is -0.320 e. The molecule has 0 bridgehead atoms. The van der Waals surface area contributed by atoms with Crippen LogP contribution in [0.1, 0.15) is 78.6 Å². The number of hydrogen-bond donors (Lipinski definition) is 2. The van der Waals surface area contributed by atoms with Gasteiger partial charge in [-0.05, 0) is 45.9 Å². The van der Waals surface area contributed by atoms with Crippen molar-refractivity contribution in [2.24, 2.45) is 0 Å². The van der Waals surface area contributed by atoms with E-state index >= 15 is 0 Å². The lowest BCUT2D eigenvalue weighted by Crippen LogP contribution is -2.18. The summed E-state index contributed by atoms with van der Waals surface area (Å²) in [6, 6.07) is 0. The fourth-order valence-electron chi connectivity index (χ4n) is 1.88. The van der Waals surface area contributed by atoms with E-state index in [2.05, 4.69) is 17.6 Å². The number of hydrogen-bond acceptors (Lipinski definition) is 2. The average Bonchev–Trinajstić information content (AvgIpc) is 2.42. The lowest BCUT2D eigenvalue weighted by molar-refractivity contribution is 0.549. The predicted octanol–water partition coefficient (Wildman–Crippen LogP) is 4.35. The molecule has 0 aliphatic carbocycles. The molecule has 0 saturated heterocycles. The molecule has 0 rings (SSSR count). The molecule has 0 unspecified atom stereocenters. The number of nitrogens with one attached hydrogen (secondary N) is 2. The van der Waals surface area contributed by atoms with Crippen molar-refractivity contribution in [2.75, 3.05) is 26.7 Å². The molecule has 0 aliphatic heterocycles. The molecule has 0 saturated carbocycles. The summed E-state index contributed by atoms with van der Waals surface area (Å²) in [5, 5.41) is 6.69. The Morgan fingerprint density at radius 3 is 1.61 bits per heavy atom. The fourth-order valence-corrected chi connectivity index (χ4v) is 1.88. The molecule has 0 spiro atoms. The van der Waals surface area contributed by atoms with Gasteiger partial charge in [-0.15, -0.1) is 0 Å². The van der Waals surface area contributed by atoms with Gasteiger partial charge in [0.05, 0.1) is 0 Å². The minimum atomic E-state index is 1.15. The van der Waals surface area contributed by atoms with Crippen LogP contribution >= 0.6 is 0 Å². The van der Waals surface area contributed by atoms with Crippen LogP contribution in [0.2, 0.25) is 0 Å². The van der Waals surface area contributed by atoms with Crippen LogP contribution in [0.4, 0.5) is 0 Å². The lowest BCUT2D eigenvalue weighted by Gasteiger charge is -2.04. The van der Waals surface area contributed by atoms with Crippen molar-refractivity contribution in [1.29, 1.82) is 0 Å². The van der Waals surface area contributed by atoms with Gasteiger partial charge in [0.25, 0.3) is 0 Å². The van der Waals surface area contributed by atoms with Gasteiger partial charge >= 0.3 is 0 Å². The lowest BCUT2D eigenvalue weighted by atomic mass is 10.1. The molecule has 0 amide bonds. The molecule has 0 radical (unpaired) electrons. The SMILES string of the molecule is CC.CCCCCCCCCNCCCCNC. The van der Waals surface area contributed by atoms with E-state index in [4.69, 9.17) is 0 Å². The molecule has 18 heavy (non-hydrogen) atoms. The van der Waals surface area contributed by atoms with Gasteiger partial charge in [0, 0.05) is 0 Å². The van der Waals surface area contributed by atoms with Gasteiger partial charge < -0.3 is 10.6 Å². The molecule has 2 heteroatoms. The third-order valence-corrected chi connectivity index (χ3v) is 2.99. The van der Waals surface area contributed by atoms with Crippen molar-refractivity contribution in [3.63, 3.8) is 0 Å². The third kappa shape index (κ3) is 21.2. The Kier molecular flexibility index (Phi) is 24.9. The first-order valence-corrected chi connectivity index (χ1v) is 8.27. The molecular weight excluding hydrogens is 220 g/mol. The zero-order valence-electron chi connectivity index (χ0n) is 13.5. The van der Waals surface area contributed by atoms with Crippen LogP contribution in [0.5, 0.6) is 0 Å². The Morgan fingerprint density at radius 1 is 0.611 bits per heavy atom. The first kappa shape index (κ1) is 20.2. The number of rotatable bonds is 13. The molecular formula is C16H38N2. The van der Waals surface area contributed by atoms with Crippen molar-refractivity contribution < 1.29 is 0 Å². The average molecular weight is 258 g/mol. The highest BCUT2D eigenvalue weighted by atomic mass is 14.8. The fraction of sp³-hybridized carbons (Fsp3) is 1.00. The number of unbranched alkanes of at least 4 members (excludes halogenated alkanes) is 7. The normalized spacial score (nSPS) is 10.0. The summed E-state index contributed by atoms with van der Waals surface area (Å²) in [4.78, 5) is 0. The van der Waals surface area contributed by atoms with Crippen molar-refractivity contribution in [1.82, 2.24) is 10.6 Å². The first-order chi connectivity index (χ1) is 8.91. The van der Waals surface area contributed by atoms with Crippen LogP contribution in [0.25, 0.3) is 0 Å². The van der Waals surface area contributed by atoms with Crippen molar-refractivity contribution >= 4 is 0 Å². The van der Waals surface area contributed by atoms with Gasteiger partial charge in [-0.3, -0.25) is 0 Å². The Hall–Kier alpha value is -0.0800. The molecule has 0 heterocycles. The van der Waals surface area contributed by atoms with E-state index in [9.17, 15) is 0 Å². The second-order valence-corrected chi connectivity index (χ2v) is 4.68. The maximum Gasteiger partial charge on any atom is -0.00484 e. The largest absolute Gasteiger partial charge is 0.320 e. The zero-order chi connectivity index (χ0) is 13.9. The highest BCUT2D eigenvalue weighted by molar-refractivity contribution is 4.51. The quantitative estimate of drug-likeness (QED) is 0.480. The van der Waals surface area contributed by atoms with Crippen molar-refractivity contribution in [2.45, 2.75) is 78.6 Å². The summed E-state index contributed by atoms with van der Waals surface area (Å²) >= 11 is 0. The molecule has 2 N–H and O–H groups in total. The predicted molar refractivity (Wildman–Crippen MR) is 85.4 cm³/mol. The van der Waals surface area contributed by atoms with E-state index in [1.807, 2.05) is 20.9 Å². The van der Waals surface area contributed by atoms with Gasteiger partial charge in [0.15, 0.2) is 0 Å². The van der Waals surface area contributed by atoms with E-state index < -0.39 is 0 Å². The molecule has 0 atom stereocenters. The molecule has 0 fully saturated rings. The van der Waals surface area contributed by atoms with Crippen molar-refractivity contribution in [3.05, 3.63) is 0 Å². The summed E-state index contributed by atoms with van der Waals surface area (Å²) in [7, 11) is 2.02. The summed E-state index contributed by atoms with van der Waals surface area (Å²) in [6.45, 7) is 9.84. The van der Waals surface area contributed by atoms with Crippen LogP contribution in [0, 0.1) is 0 Å². The second kappa shape index (κ2) is 22.1. The second-order valence-electron chi connectivity index (χ2n) is 4.68. The Balaban J connectivity index is 0. The van der Waals surface area contributed by atoms with Crippen LogP contribution in [0.3, 0.4) is 0 Å². The maximum atomic E-state index is 3.52. The van der Waals surface area contributed by atoms with Crippen LogP contribution in [-0.2, 0) is 0 Å². The van der Waals surface area contributed by atoms with Crippen molar-refractivity contribution in [3.8, 4) is 0 Å². The Labute approximate surface area is 116 Å². The minimum absolute atomic E-state index is 1.15. The van der Waals surface area contributed by atoms with E-state index in [1.165, 1.54) is 70.9 Å². The summed E-state index contributed by atoms with van der Waals surface area (Å²) in [6.07, 6.45) is 12.5. The van der Waals surface area contributed by atoms with Gasteiger partial charge in [-0.2, -0.15) is 0 Å².